The highest BCUT2D eigenvalue weighted by molar-refractivity contribution is 7.30. The van der Waals surface area contributed by atoms with Gasteiger partial charge >= 0.3 is 0 Å². The van der Waals surface area contributed by atoms with Gasteiger partial charge in [-0.25, -0.2) is 0 Å². The summed E-state index contributed by atoms with van der Waals surface area (Å²) in [7, 11) is 0. The first kappa shape index (κ1) is 69.1. The summed E-state index contributed by atoms with van der Waals surface area (Å²) in [6, 6.07) is 32.4. The zero-order chi connectivity index (χ0) is 62.1. The van der Waals surface area contributed by atoms with E-state index in [1.165, 1.54) is 211 Å². The van der Waals surface area contributed by atoms with Gasteiger partial charge in [-0.15, -0.1) is 90.7 Å². The number of benzene rings is 1. The fraction of sp³-hybridized carbons (Fsp3) is 0.486. The molecule has 9 heterocycles. The molecule has 0 bridgehead atoms. The van der Waals surface area contributed by atoms with Crippen molar-refractivity contribution in [3.63, 3.8) is 0 Å². The third kappa shape index (κ3) is 18.5. The molecule has 0 spiro atoms. The predicted molar refractivity (Wildman–Crippen MR) is 402 cm³/mol. The number of aryl methyl sites for hydroxylation is 2. The fourth-order valence-electron chi connectivity index (χ4n) is 10.3. The van der Waals surface area contributed by atoms with E-state index in [0.29, 0.717) is 6.61 Å². The molecule has 1 N–H and O–H groups in total. The molecule has 0 aliphatic heterocycles. The largest absolute Gasteiger partial charge is 0.492 e. The van der Waals surface area contributed by atoms with E-state index < -0.39 is 0 Å². The molecule has 0 radical (unpaired) electrons. The second-order valence-electron chi connectivity index (χ2n) is 25.2. The van der Waals surface area contributed by atoms with Crippen LogP contribution in [0.3, 0.4) is 0 Å². The summed E-state index contributed by atoms with van der Waals surface area (Å²) in [5, 5.41) is 3.83. The molecular formula is C74H97N3OS9. The summed E-state index contributed by atoms with van der Waals surface area (Å²) >= 11 is 16.4. The summed E-state index contributed by atoms with van der Waals surface area (Å²) < 4.78 is 16.7. The summed E-state index contributed by atoms with van der Waals surface area (Å²) in [4.78, 5) is 21.0. The molecule has 1 aromatic carbocycles. The number of aromatic nitrogens is 2. The maximum absolute atomic E-state index is 6.71. The molecule has 0 saturated carbocycles. The maximum atomic E-state index is 6.71. The Morgan fingerprint density at radius 2 is 0.747 bits per heavy atom. The number of fused-ring (bicyclic) bond motifs is 1. The molecule has 10 aromatic rings. The first-order chi connectivity index (χ1) is 42.0. The third-order valence-electron chi connectivity index (χ3n) is 15.5. The maximum Gasteiger partial charge on any atom is 0.139 e. The number of hydrogen-bond donors (Lipinski definition) is 1. The second kappa shape index (κ2) is 33.5. The van der Waals surface area contributed by atoms with Crippen LogP contribution in [0, 0.1) is 13.8 Å². The molecule has 87 heavy (non-hydrogen) atoms. The fourth-order valence-corrected chi connectivity index (χ4v) is 20.4. The molecule has 0 amide bonds. The number of thiophene rings is 8. The lowest BCUT2D eigenvalue weighted by Crippen LogP contribution is -2.08. The summed E-state index contributed by atoms with van der Waals surface area (Å²) in [6.07, 6.45) is 23.7. The van der Waals surface area contributed by atoms with Crippen LogP contribution >= 0.6 is 102 Å². The third-order valence-corrected chi connectivity index (χ3v) is 27.1. The van der Waals surface area contributed by atoms with Crippen LogP contribution in [-0.2, 0) is 10.8 Å². The van der Waals surface area contributed by atoms with Gasteiger partial charge in [0, 0.05) is 86.0 Å². The highest BCUT2D eigenvalue weighted by atomic mass is 32.1. The SMILES string of the molecule is CCCCCCC.CCCCCCC.CCCCCCNc1cc(C(C)(C)C)sc1-c1ccc(-c2ccc(-c3sc(-c4ccc(-c5cc(C)c(-c6ccc(-c7ccc(-c8sc(C(C)(C)C)cc8C)s7)s6)s5)c5nsnc45)cc3OCCCCCC)s2)s1. The number of nitrogens with zero attached hydrogens (tertiary/aromatic N) is 2. The normalized spacial score (nSPS) is 11.8. The monoisotopic (exact) mass is 1330 g/mol. The Morgan fingerprint density at radius 1 is 0.368 bits per heavy atom. The minimum absolute atomic E-state index is 0.102. The van der Waals surface area contributed by atoms with Crippen molar-refractivity contribution in [1.82, 2.24) is 8.75 Å². The number of nitrogens with one attached hydrogen (secondary N) is 1. The van der Waals surface area contributed by atoms with Crippen molar-refractivity contribution >= 4 is 119 Å². The van der Waals surface area contributed by atoms with Gasteiger partial charge in [0.1, 0.15) is 16.8 Å². The molecule has 0 saturated heterocycles. The minimum Gasteiger partial charge on any atom is -0.492 e. The lowest BCUT2D eigenvalue weighted by atomic mass is 9.94. The second-order valence-corrected chi connectivity index (χ2v) is 34.3. The van der Waals surface area contributed by atoms with Crippen LogP contribution in [0.25, 0.3) is 90.4 Å². The van der Waals surface area contributed by atoms with E-state index in [1.807, 2.05) is 90.7 Å². The molecule has 468 valence electrons. The molecule has 0 aliphatic carbocycles. The Morgan fingerprint density at radius 3 is 1.22 bits per heavy atom. The van der Waals surface area contributed by atoms with Gasteiger partial charge in [-0.2, -0.15) is 8.75 Å². The van der Waals surface area contributed by atoms with E-state index in [9.17, 15) is 0 Å². The highest BCUT2D eigenvalue weighted by Crippen LogP contribution is 2.52. The van der Waals surface area contributed by atoms with Crippen LogP contribution in [0.15, 0.2) is 84.9 Å². The van der Waals surface area contributed by atoms with Gasteiger partial charge in [0.05, 0.1) is 33.8 Å². The van der Waals surface area contributed by atoms with Crippen molar-refractivity contribution in [3.8, 4) is 85.2 Å². The molecule has 4 nitrogen and oxygen atoms in total. The van der Waals surface area contributed by atoms with E-state index in [-0.39, 0.29) is 10.8 Å². The zero-order valence-electron chi connectivity index (χ0n) is 54.7. The lowest BCUT2D eigenvalue weighted by Gasteiger charge is -2.15. The van der Waals surface area contributed by atoms with Gasteiger partial charge in [-0.05, 0) is 121 Å². The van der Waals surface area contributed by atoms with Crippen molar-refractivity contribution in [1.29, 1.82) is 0 Å². The van der Waals surface area contributed by atoms with Crippen LogP contribution in [0.2, 0.25) is 0 Å². The number of unbranched alkanes of at least 4 members (excludes halogenated alkanes) is 14. The van der Waals surface area contributed by atoms with Gasteiger partial charge in [-0.3, -0.25) is 0 Å². The zero-order valence-corrected chi connectivity index (χ0v) is 62.1. The molecule has 0 aliphatic rings. The van der Waals surface area contributed by atoms with Crippen molar-refractivity contribution < 1.29 is 4.74 Å². The van der Waals surface area contributed by atoms with Crippen LogP contribution < -0.4 is 10.1 Å². The van der Waals surface area contributed by atoms with Gasteiger partial charge in [0.15, 0.2) is 0 Å². The summed E-state index contributed by atoms with van der Waals surface area (Å²) in [6.45, 7) is 33.6. The standard InChI is InChI=1S/C60H65N3OS9.2C7H16/c1-11-13-15-17-29-61-39-33-52(60(8,9)10)72-57(39)47-27-23-43(67-47)44-24-28-48(68-44)58-40(64-30-18-16-14-12-2)34-50(70-58)38-20-19-37(53-54(38)63-73-62-53)49-31-35(3)55(69-49)45-25-21-41(65-45)42-22-26-46(66-42)56-36(4)32-51(71-56)59(5,6)7;2*1-3-5-7-6-4-2/h19-28,31-34,61H,11-18,29-30H2,1-10H3;2*3-7H2,1-2H3. The Labute approximate surface area is 560 Å². The molecular weight excluding hydrogens is 1240 g/mol. The molecule has 0 unspecified atom stereocenters. The van der Waals surface area contributed by atoms with Gasteiger partial charge < -0.3 is 10.1 Å². The predicted octanol–water partition coefficient (Wildman–Crippen LogP) is 28.6. The van der Waals surface area contributed by atoms with Crippen molar-refractivity contribution in [2.24, 2.45) is 0 Å². The van der Waals surface area contributed by atoms with E-state index in [2.05, 4.69) is 187 Å². The average Bonchev–Trinajstić information content (AvgIpc) is 2.19. The van der Waals surface area contributed by atoms with Crippen molar-refractivity contribution in [3.05, 3.63) is 106 Å². The Balaban J connectivity index is 0.000000627. The van der Waals surface area contributed by atoms with Gasteiger partial charge in [-0.1, -0.05) is 198 Å². The number of rotatable bonds is 28. The van der Waals surface area contributed by atoms with E-state index >= 15 is 0 Å². The molecule has 13 heteroatoms. The Bertz CT molecular complexity index is 3640. The topological polar surface area (TPSA) is 47.0 Å². The van der Waals surface area contributed by atoms with Gasteiger partial charge in [0.2, 0.25) is 0 Å². The smallest absolute Gasteiger partial charge is 0.139 e. The van der Waals surface area contributed by atoms with Crippen molar-refractivity contribution in [2.45, 2.75) is 223 Å². The Kier molecular flexibility index (Phi) is 26.6. The van der Waals surface area contributed by atoms with E-state index in [4.69, 9.17) is 13.5 Å². The van der Waals surface area contributed by atoms with E-state index in [1.54, 1.807) is 0 Å². The van der Waals surface area contributed by atoms with Crippen molar-refractivity contribution in [2.75, 3.05) is 18.5 Å². The molecule has 0 fully saturated rings. The van der Waals surface area contributed by atoms with Crippen LogP contribution in [0.1, 0.15) is 220 Å². The van der Waals surface area contributed by atoms with Crippen LogP contribution in [0.4, 0.5) is 5.69 Å². The summed E-state index contributed by atoms with van der Waals surface area (Å²) in [5.74, 6) is 0.962. The minimum atomic E-state index is 0.102. The highest BCUT2D eigenvalue weighted by Gasteiger charge is 2.25. The number of ether oxygens (including phenoxy) is 1. The number of hydrogen-bond acceptors (Lipinski definition) is 13. The summed E-state index contributed by atoms with van der Waals surface area (Å²) in [5.41, 5.74) is 8.37. The molecule has 0 atom stereocenters. The van der Waals surface area contributed by atoms with Crippen LogP contribution in [-0.4, -0.2) is 21.9 Å². The lowest BCUT2D eigenvalue weighted by molar-refractivity contribution is 0.307. The van der Waals surface area contributed by atoms with E-state index in [0.717, 1.165) is 45.8 Å². The Hall–Kier alpha value is -3.76. The first-order valence-corrected chi connectivity index (χ1v) is 39.8. The molecule has 10 rings (SSSR count). The average molecular weight is 1330 g/mol. The first-order valence-electron chi connectivity index (χ1n) is 32.5. The van der Waals surface area contributed by atoms with Crippen LogP contribution in [0.5, 0.6) is 5.75 Å². The molecule has 9 aromatic heterocycles. The number of anilines is 1. The quantitative estimate of drug-likeness (QED) is 0.0497. The van der Waals surface area contributed by atoms with Gasteiger partial charge in [0.25, 0.3) is 0 Å².